The molecule has 0 heterocycles. The van der Waals surface area contributed by atoms with Gasteiger partial charge in [-0.15, -0.1) is 0 Å². The zero-order valence-electron chi connectivity index (χ0n) is 25.2. The summed E-state index contributed by atoms with van der Waals surface area (Å²) in [6.45, 7) is 3.01. The van der Waals surface area contributed by atoms with E-state index in [-0.39, 0.29) is 40.5 Å². The van der Waals surface area contributed by atoms with Gasteiger partial charge in [0, 0.05) is 24.0 Å². The van der Waals surface area contributed by atoms with Crippen molar-refractivity contribution in [3.05, 3.63) is 124 Å². The highest BCUT2D eigenvalue weighted by atomic mass is 35.5. The summed E-state index contributed by atoms with van der Waals surface area (Å²) in [5.74, 6) is -0.641. The lowest BCUT2D eigenvalue weighted by molar-refractivity contribution is -0.140. The van der Waals surface area contributed by atoms with Gasteiger partial charge in [0.2, 0.25) is 11.8 Å². The van der Waals surface area contributed by atoms with Crippen LogP contribution in [0.25, 0.3) is 0 Å². The van der Waals surface area contributed by atoms with Crippen LogP contribution in [0.4, 0.5) is 5.69 Å². The predicted molar refractivity (Wildman–Crippen MR) is 178 cm³/mol. The molecule has 0 radical (unpaired) electrons. The summed E-state index contributed by atoms with van der Waals surface area (Å²) in [7, 11) is -2.82. The van der Waals surface area contributed by atoms with Gasteiger partial charge in [-0.25, -0.2) is 8.42 Å². The van der Waals surface area contributed by atoms with Gasteiger partial charge in [-0.3, -0.25) is 13.9 Å². The number of anilines is 1. The van der Waals surface area contributed by atoms with Crippen LogP contribution >= 0.6 is 23.2 Å². The van der Waals surface area contributed by atoms with Gasteiger partial charge in [-0.2, -0.15) is 0 Å². The van der Waals surface area contributed by atoms with Crippen LogP contribution in [0.3, 0.4) is 0 Å². The first-order chi connectivity index (χ1) is 21.5. The van der Waals surface area contributed by atoms with Gasteiger partial charge in [0.05, 0.1) is 22.7 Å². The summed E-state index contributed by atoms with van der Waals surface area (Å²) >= 11 is 12.9. The van der Waals surface area contributed by atoms with Gasteiger partial charge in [0.25, 0.3) is 10.0 Å². The molecule has 0 spiro atoms. The zero-order valence-corrected chi connectivity index (χ0v) is 27.5. The van der Waals surface area contributed by atoms with Crippen LogP contribution in [0.5, 0.6) is 5.75 Å². The molecule has 236 valence electrons. The molecule has 0 aliphatic rings. The minimum absolute atomic E-state index is 0.0132. The van der Waals surface area contributed by atoms with Crippen molar-refractivity contribution >= 4 is 50.7 Å². The number of carbonyl (C=O) groups excluding carboxylic acids is 2. The monoisotopic (exact) mass is 667 g/mol. The zero-order chi connectivity index (χ0) is 32.6. The van der Waals surface area contributed by atoms with Crippen molar-refractivity contribution in [2.24, 2.45) is 0 Å². The second kappa shape index (κ2) is 15.3. The van der Waals surface area contributed by atoms with E-state index in [0.29, 0.717) is 16.3 Å². The van der Waals surface area contributed by atoms with Gasteiger partial charge in [0.1, 0.15) is 18.3 Å². The third-order valence-electron chi connectivity index (χ3n) is 7.03. The van der Waals surface area contributed by atoms with Crippen molar-refractivity contribution in [1.29, 1.82) is 0 Å². The Labute approximate surface area is 274 Å². The standard InChI is InChI=1S/C34H35Cl2N3O5S/c1-24(2)37-34(41)31(20-25-12-6-4-7-13-25)38(22-26-14-10-11-17-29(26)35)33(40)23-39(27-18-19-32(44-3)30(36)21-27)45(42,43)28-15-8-5-9-16-28/h4-19,21,24,31H,20,22-23H2,1-3H3,(H,37,41)/t31-/m0/s1. The van der Waals surface area contributed by atoms with Gasteiger partial charge < -0.3 is 15.0 Å². The second-order valence-electron chi connectivity index (χ2n) is 10.6. The van der Waals surface area contributed by atoms with Crippen molar-refractivity contribution in [1.82, 2.24) is 10.2 Å². The summed E-state index contributed by atoms with van der Waals surface area (Å²) in [5, 5.41) is 3.51. The number of rotatable bonds is 13. The Hall–Kier alpha value is -4.05. The van der Waals surface area contributed by atoms with Crippen LogP contribution in [0.2, 0.25) is 10.0 Å². The molecule has 4 aromatic carbocycles. The molecular weight excluding hydrogens is 633 g/mol. The fraction of sp³-hybridized carbons (Fsp3) is 0.235. The summed E-state index contributed by atoms with van der Waals surface area (Å²) in [4.78, 5) is 29.6. The molecule has 2 amide bonds. The molecule has 45 heavy (non-hydrogen) atoms. The van der Waals surface area contributed by atoms with E-state index in [9.17, 15) is 18.0 Å². The molecule has 0 unspecified atom stereocenters. The van der Waals surface area contributed by atoms with E-state index in [1.807, 2.05) is 44.2 Å². The molecule has 8 nitrogen and oxygen atoms in total. The number of methoxy groups -OCH3 is 1. The number of carbonyl (C=O) groups is 2. The van der Waals surface area contributed by atoms with Crippen LogP contribution in [0.1, 0.15) is 25.0 Å². The van der Waals surface area contributed by atoms with Crippen molar-refractivity contribution in [3.8, 4) is 5.75 Å². The van der Waals surface area contributed by atoms with E-state index in [1.54, 1.807) is 42.5 Å². The Kier molecular flexibility index (Phi) is 11.5. The molecule has 0 aliphatic heterocycles. The van der Waals surface area contributed by atoms with Crippen molar-refractivity contribution < 1.29 is 22.7 Å². The van der Waals surface area contributed by atoms with Crippen LogP contribution in [-0.2, 0) is 32.6 Å². The molecule has 1 atom stereocenters. The Balaban J connectivity index is 1.83. The highest BCUT2D eigenvalue weighted by Crippen LogP contribution is 2.32. The molecule has 11 heteroatoms. The molecule has 4 aromatic rings. The molecular formula is C34H35Cl2N3O5S. The molecule has 0 aliphatic carbocycles. The number of ether oxygens (including phenoxy) is 1. The van der Waals surface area contributed by atoms with Crippen molar-refractivity contribution in [2.75, 3.05) is 18.0 Å². The maximum absolute atomic E-state index is 14.5. The molecule has 1 N–H and O–H groups in total. The van der Waals surface area contributed by atoms with Crippen LogP contribution < -0.4 is 14.4 Å². The van der Waals surface area contributed by atoms with E-state index in [1.165, 1.54) is 42.3 Å². The molecule has 4 rings (SSSR count). The Morgan fingerprint density at radius 1 is 0.844 bits per heavy atom. The summed E-state index contributed by atoms with van der Waals surface area (Å²) in [6.07, 6.45) is 0.190. The molecule has 0 bridgehead atoms. The fourth-order valence-electron chi connectivity index (χ4n) is 4.80. The maximum atomic E-state index is 14.5. The van der Waals surface area contributed by atoms with Gasteiger partial charge in [-0.05, 0) is 61.4 Å². The van der Waals surface area contributed by atoms with Crippen molar-refractivity contribution in [2.45, 2.75) is 43.8 Å². The van der Waals surface area contributed by atoms with E-state index in [0.717, 1.165) is 9.87 Å². The van der Waals surface area contributed by atoms with Gasteiger partial charge >= 0.3 is 0 Å². The first-order valence-electron chi connectivity index (χ1n) is 14.3. The minimum Gasteiger partial charge on any atom is -0.495 e. The fourth-order valence-corrected chi connectivity index (χ4v) is 6.68. The smallest absolute Gasteiger partial charge is 0.264 e. The number of hydrogen-bond donors (Lipinski definition) is 1. The first-order valence-corrected chi connectivity index (χ1v) is 16.5. The first kappa shape index (κ1) is 33.8. The molecule has 0 aromatic heterocycles. The average molecular weight is 669 g/mol. The van der Waals surface area contributed by atoms with Gasteiger partial charge in [0.15, 0.2) is 0 Å². The van der Waals surface area contributed by atoms with E-state index in [4.69, 9.17) is 27.9 Å². The quantitative estimate of drug-likeness (QED) is 0.179. The van der Waals surface area contributed by atoms with Gasteiger partial charge in [-0.1, -0.05) is 89.9 Å². The molecule has 0 saturated heterocycles. The average Bonchev–Trinajstić information content (AvgIpc) is 3.02. The third-order valence-corrected chi connectivity index (χ3v) is 9.49. The SMILES string of the molecule is COc1ccc(N(CC(=O)N(Cc2ccccc2Cl)[C@@H](Cc2ccccc2)C(=O)NC(C)C)S(=O)(=O)c2ccccc2)cc1Cl. The van der Waals surface area contributed by atoms with E-state index >= 15 is 0 Å². The highest BCUT2D eigenvalue weighted by Gasteiger charge is 2.35. The summed E-state index contributed by atoms with van der Waals surface area (Å²) in [6, 6.07) is 27.4. The van der Waals surface area contributed by atoms with E-state index < -0.39 is 28.5 Å². The third kappa shape index (κ3) is 8.57. The lowest BCUT2D eigenvalue weighted by Gasteiger charge is -2.34. The predicted octanol–water partition coefficient (Wildman–Crippen LogP) is 6.36. The molecule has 0 fully saturated rings. The normalized spacial score (nSPS) is 12.0. The number of halogens is 2. The largest absolute Gasteiger partial charge is 0.495 e. The lowest BCUT2D eigenvalue weighted by Crippen LogP contribution is -2.54. The number of hydrogen-bond acceptors (Lipinski definition) is 5. The number of nitrogens with one attached hydrogen (secondary N) is 1. The number of amides is 2. The van der Waals surface area contributed by atoms with Crippen LogP contribution in [0.15, 0.2) is 108 Å². The number of benzene rings is 4. The molecule has 0 saturated carbocycles. The minimum atomic E-state index is -4.26. The van der Waals surface area contributed by atoms with Crippen molar-refractivity contribution in [3.63, 3.8) is 0 Å². The lowest BCUT2D eigenvalue weighted by atomic mass is 10.0. The Bertz CT molecular complexity index is 1720. The Morgan fingerprint density at radius 3 is 2.07 bits per heavy atom. The summed E-state index contributed by atoms with van der Waals surface area (Å²) < 4.78 is 34.4. The number of nitrogens with zero attached hydrogens (tertiary/aromatic N) is 2. The highest BCUT2D eigenvalue weighted by molar-refractivity contribution is 7.92. The topological polar surface area (TPSA) is 96.0 Å². The summed E-state index contributed by atoms with van der Waals surface area (Å²) in [5.41, 5.74) is 1.59. The maximum Gasteiger partial charge on any atom is 0.264 e. The second-order valence-corrected chi connectivity index (χ2v) is 13.3. The van der Waals surface area contributed by atoms with Crippen LogP contribution in [0, 0.1) is 0 Å². The Morgan fingerprint density at radius 2 is 1.47 bits per heavy atom. The van der Waals surface area contributed by atoms with E-state index in [2.05, 4.69) is 5.32 Å². The number of sulfonamides is 1. The van der Waals surface area contributed by atoms with Crippen LogP contribution in [-0.4, -0.2) is 50.9 Å².